The summed E-state index contributed by atoms with van der Waals surface area (Å²) in [5.41, 5.74) is 2.19. The van der Waals surface area contributed by atoms with Gasteiger partial charge in [0.25, 0.3) is 5.91 Å². The molecule has 0 bridgehead atoms. The lowest BCUT2D eigenvalue weighted by atomic mass is 10.1. The molecule has 19 heavy (non-hydrogen) atoms. The van der Waals surface area contributed by atoms with Crippen molar-refractivity contribution in [2.24, 2.45) is 5.84 Å². The number of hydrogen-bond donors (Lipinski definition) is 3. The van der Waals surface area contributed by atoms with Gasteiger partial charge in [0.05, 0.1) is 13.2 Å². The van der Waals surface area contributed by atoms with Crippen LogP contribution in [-0.2, 0) is 6.54 Å². The Labute approximate surface area is 111 Å². The summed E-state index contributed by atoms with van der Waals surface area (Å²) in [6.07, 6.45) is 4.42. The summed E-state index contributed by atoms with van der Waals surface area (Å²) in [4.78, 5) is 13.5. The number of aliphatic hydroxyl groups excluding tert-OH is 1. The van der Waals surface area contributed by atoms with E-state index in [2.05, 4.69) is 10.1 Å². The van der Waals surface area contributed by atoms with Crippen molar-refractivity contribution in [1.82, 2.24) is 15.5 Å². The molecule has 7 heteroatoms. The fraction of sp³-hybridized carbons (Fsp3) is 0.667. The third-order valence-electron chi connectivity index (χ3n) is 3.49. The molecule has 0 saturated carbocycles. The summed E-state index contributed by atoms with van der Waals surface area (Å²) in [6.45, 7) is 1.62. The fourth-order valence-electron chi connectivity index (χ4n) is 2.42. The molecule has 1 atom stereocenters. The standard InChI is InChI=1S/C12H20N4O3/c13-14-12(18)11-6-10(19-15-11)7-16-5-3-1-2-4-9(16)8-17/h6,9,17H,1-5,7-8,13H2,(H,14,18). The van der Waals surface area contributed by atoms with Crippen LogP contribution in [0, 0.1) is 0 Å². The molecule has 1 saturated heterocycles. The Balaban J connectivity index is 2.02. The van der Waals surface area contributed by atoms with Gasteiger partial charge in [-0.05, 0) is 19.4 Å². The number of aliphatic hydroxyl groups is 1. The molecule has 1 aromatic heterocycles. The molecule has 1 fully saturated rings. The van der Waals surface area contributed by atoms with Crippen molar-refractivity contribution >= 4 is 5.91 Å². The highest BCUT2D eigenvalue weighted by molar-refractivity contribution is 5.91. The number of nitrogen functional groups attached to an aromatic ring is 1. The average Bonchev–Trinajstić information content (AvgIpc) is 2.77. The normalized spacial score (nSPS) is 21.1. The van der Waals surface area contributed by atoms with E-state index in [1.165, 1.54) is 6.42 Å². The molecule has 1 unspecified atom stereocenters. The number of carbonyl (C=O) groups excluding carboxylic acids is 1. The van der Waals surface area contributed by atoms with E-state index in [9.17, 15) is 9.90 Å². The summed E-state index contributed by atoms with van der Waals surface area (Å²) in [7, 11) is 0. The van der Waals surface area contributed by atoms with Crippen LogP contribution < -0.4 is 11.3 Å². The largest absolute Gasteiger partial charge is 0.395 e. The highest BCUT2D eigenvalue weighted by Gasteiger charge is 2.22. The third-order valence-corrected chi connectivity index (χ3v) is 3.49. The first-order chi connectivity index (χ1) is 9.24. The zero-order chi connectivity index (χ0) is 13.7. The summed E-state index contributed by atoms with van der Waals surface area (Å²) in [5, 5.41) is 13.1. The quantitative estimate of drug-likeness (QED) is 0.404. The molecule has 0 aromatic carbocycles. The maximum atomic E-state index is 11.3. The molecular formula is C12H20N4O3. The Morgan fingerprint density at radius 1 is 1.58 bits per heavy atom. The van der Waals surface area contributed by atoms with Crippen LogP contribution in [0.3, 0.4) is 0 Å². The van der Waals surface area contributed by atoms with Gasteiger partial charge in [-0.15, -0.1) is 0 Å². The number of nitrogens with two attached hydrogens (primary N) is 1. The lowest BCUT2D eigenvalue weighted by Gasteiger charge is -2.27. The number of amides is 1. The van der Waals surface area contributed by atoms with E-state index < -0.39 is 5.91 Å². The van der Waals surface area contributed by atoms with E-state index in [0.717, 1.165) is 25.8 Å². The molecule has 2 heterocycles. The van der Waals surface area contributed by atoms with Gasteiger partial charge in [-0.25, -0.2) is 5.84 Å². The maximum Gasteiger partial charge on any atom is 0.287 e. The Kier molecular flexibility index (Phi) is 4.89. The van der Waals surface area contributed by atoms with E-state index in [4.69, 9.17) is 10.4 Å². The van der Waals surface area contributed by atoms with Crippen molar-refractivity contribution in [3.05, 3.63) is 17.5 Å². The van der Waals surface area contributed by atoms with Gasteiger partial charge in [-0.2, -0.15) is 0 Å². The second-order valence-corrected chi connectivity index (χ2v) is 4.81. The summed E-state index contributed by atoms with van der Waals surface area (Å²) < 4.78 is 5.13. The predicted octanol–water partition coefficient (Wildman–Crippen LogP) is 0.0150. The van der Waals surface area contributed by atoms with Gasteiger partial charge < -0.3 is 9.63 Å². The summed E-state index contributed by atoms with van der Waals surface area (Å²) in [6, 6.07) is 1.74. The van der Waals surface area contributed by atoms with Crippen LogP contribution in [0.25, 0.3) is 0 Å². The number of hydrogen-bond acceptors (Lipinski definition) is 6. The van der Waals surface area contributed by atoms with Gasteiger partial charge in [0, 0.05) is 12.1 Å². The molecule has 1 aliphatic heterocycles. The molecular weight excluding hydrogens is 248 g/mol. The van der Waals surface area contributed by atoms with Crippen molar-refractivity contribution in [2.75, 3.05) is 13.2 Å². The highest BCUT2D eigenvalue weighted by Crippen LogP contribution is 2.19. The molecule has 1 aliphatic rings. The first-order valence-electron chi connectivity index (χ1n) is 6.56. The lowest BCUT2D eigenvalue weighted by Crippen LogP contribution is -2.36. The fourth-order valence-corrected chi connectivity index (χ4v) is 2.42. The van der Waals surface area contributed by atoms with Gasteiger partial charge in [-0.1, -0.05) is 18.0 Å². The molecule has 106 valence electrons. The van der Waals surface area contributed by atoms with Crippen LogP contribution in [-0.4, -0.2) is 40.3 Å². The van der Waals surface area contributed by atoms with Gasteiger partial charge in [-0.3, -0.25) is 15.1 Å². The minimum Gasteiger partial charge on any atom is -0.395 e. The van der Waals surface area contributed by atoms with Crippen LogP contribution in [0.5, 0.6) is 0 Å². The van der Waals surface area contributed by atoms with Crippen molar-refractivity contribution in [1.29, 1.82) is 0 Å². The van der Waals surface area contributed by atoms with Crippen LogP contribution in [0.15, 0.2) is 10.6 Å². The molecule has 0 aliphatic carbocycles. The molecule has 4 N–H and O–H groups in total. The predicted molar refractivity (Wildman–Crippen MR) is 67.9 cm³/mol. The molecule has 2 rings (SSSR count). The number of carbonyl (C=O) groups is 1. The van der Waals surface area contributed by atoms with E-state index in [-0.39, 0.29) is 18.3 Å². The van der Waals surface area contributed by atoms with Crippen molar-refractivity contribution in [3.8, 4) is 0 Å². The van der Waals surface area contributed by atoms with E-state index in [1.54, 1.807) is 6.07 Å². The first kappa shape index (κ1) is 14.0. The van der Waals surface area contributed by atoms with E-state index in [0.29, 0.717) is 12.3 Å². The number of hydrazine groups is 1. The average molecular weight is 268 g/mol. The Morgan fingerprint density at radius 2 is 2.42 bits per heavy atom. The number of nitrogens with zero attached hydrogens (tertiary/aromatic N) is 2. The molecule has 7 nitrogen and oxygen atoms in total. The second kappa shape index (κ2) is 6.65. The summed E-state index contributed by atoms with van der Waals surface area (Å²) in [5.74, 6) is 5.18. The Morgan fingerprint density at radius 3 is 3.16 bits per heavy atom. The topological polar surface area (TPSA) is 105 Å². The van der Waals surface area contributed by atoms with Crippen molar-refractivity contribution in [2.45, 2.75) is 38.3 Å². The van der Waals surface area contributed by atoms with Gasteiger partial charge in [0.1, 0.15) is 0 Å². The monoisotopic (exact) mass is 268 g/mol. The second-order valence-electron chi connectivity index (χ2n) is 4.81. The van der Waals surface area contributed by atoms with Crippen LogP contribution in [0.4, 0.5) is 0 Å². The molecule has 1 amide bonds. The smallest absolute Gasteiger partial charge is 0.287 e. The number of likely N-dealkylation sites (tertiary alicyclic amines) is 1. The molecule has 0 spiro atoms. The first-order valence-corrected chi connectivity index (χ1v) is 6.56. The minimum absolute atomic E-state index is 0.143. The number of rotatable bonds is 4. The van der Waals surface area contributed by atoms with Crippen molar-refractivity contribution in [3.63, 3.8) is 0 Å². The van der Waals surface area contributed by atoms with Gasteiger partial charge >= 0.3 is 0 Å². The molecule has 1 aromatic rings. The number of nitrogens with one attached hydrogen (secondary N) is 1. The van der Waals surface area contributed by atoms with Gasteiger partial charge in [0.2, 0.25) is 0 Å². The van der Waals surface area contributed by atoms with E-state index in [1.807, 2.05) is 5.43 Å². The lowest BCUT2D eigenvalue weighted by molar-refractivity contribution is 0.0943. The minimum atomic E-state index is -0.468. The third kappa shape index (κ3) is 3.52. The Bertz CT molecular complexity index is 421. The van der Waals surface area contributed by atoms with E-state index >= 15 is 0 Å². The zero-order valence-electron chi connectivity index (χ0n) is 10.8. The van der Waals surface area contributed by atoms with Crippen molar-refractivity contribution < 1.29 is 14.4 Å². The van der Waals surface area contributed by atoms with Gasteiger partial charge in [0.15, 0.2) is 11.5 Å². The molecule has 0 radical (unpaired) electrons. The number of aromatic nitrogens is 1. The summed E-state index contributed by atoms with van der Waals surface area (Å²) >= 11 is 0. The van der Waals surface area contributed by atoms with Crippen LogP contribution in [0.2, 0.25) is 0 Å². The SMILES string of the molecule is NNC(=O)c1cc(CN2CCCCCC2CO)on1. The van der Waals surface area contributed by atoms with Crippen LogP contribution >= 0.6 is 0 Å². The van der Waals surface area contributed by atoms with Crippen LogP contribution in [0.1, 0.15) is 41.9 Å². The zero-order valence-corrected chi connectivity index (χ0v) is 10.8. The highest BCUT2D eigenvalue weighted by atomic mass is 16.5. The maximum absolute atomic E-state index is 11.3. The Hall–Kier alpha value is -1.44.